The van der Waals surface area contributed by atoms with Crippen molar-refractivity contribution in [2.75, 3.05) is 26.2 Å². The van der Waals surface area contributed by atoms with Crippen LogP contribution in [0, 0.1) is 35.5 Å². The molecule has 1 saturated carbocycles. The summed E-state index contributed by atoms with van der Waals surface area (Å²) in [7, 11) is 0. The van der Waals surface area contributed by atoms with Crippen molar-refractivity contribution in [1.29, 1.82) is 5.26 Å². The molecule has 38 heavy (non-hydrogen) atoms. The number of likely N-dealkylation sites (tertiary alicyclic amines) is 1. The highest BCUT2D eigenvalue weighted by molar-refractivity contribution is 7.19. The first-order valence-corrected chi connectivity index (χ1v) is 13.7. The number of nitrogens with zero attached hydrogens (tertiary/aromatic N) is 5. The fourth-order valence-corrected chi connectivity index (χ4v) is 7.14. The van der Waals surface area contributed by atoms with Gasteiger partial charge in [0.25, 0.3) is 5.91 Å². The summed E-state index contributed by atoms with van der Waals surface area (Å²) in [6.07, 6.45) is 2.55. The number of imide groups is 1. The van der Waals surface area contributed by atoms with Crippen molar-refractivity contribution in [2.45, 2.75) is 33.7 Å². The van der Waals surface area contributed by atoms with Gasteiger partial charge in [0.15, 0.2) is 0 Å². The molecule has 3 aromatic heterocycles. The molecule has 2 unspecified atom stereocenters. The number of aryl methyl sites for hydroxylation is 1. The monoisotopic (exact) mass is 528 g/mol. The SMILES string of the molecule is Cc1nc(C#N)cc(-c2ccnc3cc(CN4C(=O)C5C(C4=O)C5(C)C)sc23)c1C(=O)N1CCCNCC1. The molecule has 2 saturated heterocycles. The van der Waals surface area contributed by atoms with Crippen LogP contribution in [0.4, 0.5) is 0 Å². The minimum Gasteiger partial charge on any atom is -0.337 e. The van der Waals surface area contributed by atoms with E-state index < -0.39 is 0 Å². The summed E-state index contributed by atoms with van der Waals surface area (Å²) in [4.78, 5) is 52.5. The van der Waals surface area contributed by atoms with Crippen LogP contribution < -0.4 is 5.32 Å². The normalized spacial score (nSPS) is 22.4. The maximum Gasteiger partial charge on any atom is 0.256 e. The number of piperidine rings is 1. The number of pyridine rings is 2. The Kier molecular flexibility index (Phi) is 5.81. The number of aromatic nitrogens is 2. The molecule has 1 N–H and O–H groups in total. The lowest BCUT2D eigenvalue weighted by atomic mass is 9.97. The van der Waals surface area contributed by atoms with Crippen molar-refractivity contribution in [3.8, 4) is 17.2 Å². The number of nitrogens with one attached hydrogen (secondary N) is 1. The molecule has 3 amide bonds. The number of nitriles is 1. The molecule has 9 nitrogen and oxygen atoms in total. The Morgan fingerprint density at radius 2 is 1.95 bits per heavy atom. The van der Waals surface area contributed by atoms with E-state index in [4.69, 9.17) is 0 Å². The molecule has 10 heteroatoms. The number of thiophene rings is 1. The van der Waals surface area contributed by atoms with Crippen LogP contribution in [0.5, 0.6) is 0 Å². The van der Waals surface area contributed by atoms with Gasteiger partial charge in [-0.25, -0.2) is 4.98 Å². The maximum atomic E-state index is 13.8. The number of hydrogen-bond acceptors (Lipinski definition) is 8. The topological polar surface area (TPSA) is 119 Å². The van der Waals surface area contributed by atoms with Crippen molar-refractivity contribution >= 4 is 39.3 Å². The highest BCUT2D eigenvalue weighted by Gasteiger charge is 2.72. The molecule has 2 aliphatic heterocycles. The molecule has 0 bridgehead atoms. The lowest BCUT2D eigenvalue weighted by Crippen LogP contribution is -2.35. The molecule has 0 spiro atoms. The van der Waals surface area contributed by atoms with Gasteiger partial charge in [-0.1, -0.05) is 13.8 Å². The van der Waals surface area contributed by atoms with Gasteiger partial charge in [-0.15, -0.1) is 11.3 Å². The van der Waals surface area contributed by atoms with Gasteiger partial charge in [-0.3, -0.25) is 24.3 Å². The highest BCUT2D eigenvalue weighted by atomic mass is 32.1. The zero-order chi connectivity index (χ0) is 26.8. The van der Waals surface area contributed by atoms with E-state index in [1.54, 1.807) is 19.2 Å². The van der Waals surface area contributed by atoms with Crippen LogP contribution in [0.15, 0.2) is 24.4 Å². The molecule has 3 aromatic rings. The summed E-state index contributed by atoms with van der Waals surface area (Å²) in [6.45, 7) is 8.77. The van der Waals surface area contributed by atoms with Gasteiger partial charge in [0.05, 0.1) is 39.9 Å². The Morgan fingerprint density at radius 3 is 2.68 bits per heavy atom. The summed E-state index contributed by atoms with van der Waals surface area (Å²) in [5.41, 5.74) is 3.14. The predicted molar refractivity (Wildman–Crippen MR) is 142 cm³/mol. The molecule has 3 fully saturated rings. The van der Waals surface area contributed by atoms with E-state index >= 15 is 0 Å². The average molecular weight is 529 g/mol. The Morgan fingerprint density at radius 1 is 1.18 bits per heavy atom. The molecule has 6 rings (SSSR count). The van der Waals surface area contributed by atoms with E-state index in [1.807, 2.05) is 30.9 Å². The molecule has 3 aliphatic rings. The van der Waals surface area contributed by atoms with Crippen molar-refractivity contribution in [3.63, 3.8) is 0 Å². The van der Waals surface area contributed by atoms with Crippen LogP contribution in [-0.2, 0) is 16.1 Å². The minimum absolute atomic E-state index is 0.0983. The number of carbonyl (C=O) groups is 3. The van der Waals surface area contributed by atoms with E-state index in [-0.39, 0.29) is 47.2 Å². The molecule has 2 atom stereocenters. The second-order valence-electron chi connectivity index (χ2n) is 10.8. The van der Waals surface area contributed by atoms with Crippen molar-refractivity contribution in [3.05, 3.63) is 46.2 Å². The molecular formula is C28H28N6O3S. The summed E-state index contributed by atoms with van der Waals surface area (Å²) in [5.74, 6) is -0.733. The predicted octanol–water partition coefficient (Wildman–Crippen LogP) is 3.11. The fourth-order valence-electron chi connectivity index (χ4n) is 6.01. The number of fused-ring (bicyclic) bond motifs is 2. The first-order valence-electron chi connectivity index (χ1n) is 12.9. The Labute approximate surface area is 224 Å². The van der Waals surface area contributed by atoms with Gasteiger partial charge < -0.3 is 10.2 Å². The second-order valence-corrected chi connectivity index (χ2v) is 12.0. The Hall–Kier alpha value is -3.68. The standard InChI is InChI=1S/C28H28N6O3S/c1-15-21(25(35)33-9-4-6-30-8-10-33)19(11-16(13-29)32-15)18-5-7-31-20-12-17(38-24(18)20)14-34-26(36)22-23(27(34)37)28(22,2)3/h5,7,11-12,22-23,30H,4,6,8-10,14H2,1-3H3. The average Bonchev–Trinajstić information content (AvgIpc) is 3.26. The van der Waals surface area contributed by atoms with Crippen LogP contribution in [0.3, 0.4) is 0 Å². The van der Waals surface area contributed by atoms with Gasteiger partial charge in [0.2, 0.25) is 11.8 Å². The van der Waals surface area contributed by atoms with E-state index in [1.165, 1.54) is 16.2 Å². The Balaban J connectivity index is 1.40. The second kappa shape index (κ2) is 8.96. The highest BCUT2D eigenvalue weighted by Crippen LogP contribution is 2.63. The van der Waals surface area contributed by atoms with Gasteiger partial charge in [0.1, 0.15) is 11.8 Å². The number of carbonyl (C=O) groups excluding carboxylic acids is 3. The molecule has 0 radical (unpaired) electrons. The molecule has 1 aliphatic carbocycles. The zero-order valence-electron chi connectivity index (χ0n) is 21.6. The third-order valence-corrected chi connectivity index (χ3v) is 9.26. The van der Waals surface area contributed by atoms with Crippen molar-refractivity contribution < 1.29 is 14.4 Å². The van der Waals surface area contributed by atoms with Crippen molar-refractivity contribution in [1.82, 2.24) is 25.1 Å². The van der Waals surface area contributed by atoms with E-state index in [0.29, 0.717) is 29.9 Å². The van der Waals surface area contributed by atoms with Crippen molar-refractivity contribution in [2.24, 2.45) is 17.3 Å². The molecule has 0 aromatic carbocycles. The lowest BCUT2D eigenvalue weighted by molar-refractivity contribution is -0.143. The van der Waals surface area contributed by atoms with Gasteiger partial charge in [-0.05, 0) is 43.5 Å². The molecular weight excluding hydrogens is 500 g/mol. The third kappa shape index (κ3) is 3.80. The number of rotatable bonds is 4. The van der Waals surface area contributed by atoms with Gasteiger partial charge in [0, 0.05) is 41.8 Å². The van der Waals surface area contributed by atoms with Gasteiger partial charge >= 0.3 is 0 Å². The first-order chi connectivity index (χ1) is 18.2. The summed E-state index contributed by atoms with van der Waals surface area (Å²) in [6, 6.07) is 7.55. The van der Waals surface area contributed by atoms with E-state index in [0.717, 1.165) is 40.2 Å². The number of amides is 3. The summed E-state index contributed by atoms with van der Waals surface area (Å²) < 4.78 is 0.841. The summed E-state index contributed by atoms with van der Waals surface area (Å²) >= 11 is 1.46. The fraction of sp³-hybridized carbons (Fsp3) is 0.429. The maximum absolute atomic E-state index is 13.8. The molecule has 194 valence electrons. The zero-order valence-corrected chi connectivity index (χ0v) is 22.4. The number of hydrogen-bond donors (Lipinski definition) is 1. The minimum atomic E-state index is -0.246. The summed E-state index contributed by atoms with van der Waals surface area (Å²) in [5, 5.41) is 13.0. The van der Waals surface area contributed by atoms with Crippen LogP contribution in [0.2, 0.25) is 0 Å². The van der Waals surface area contributed by atoms with Crippen LogP contribution in [0.1, 0.15) is 46.9 Å². The third-order valence-electron chi connectivity index (χ3n) is 8.11. The lowest BCUT2D eigenvalue weighted by Gasteiger charge is -2.23. The first kappa shape index (κ1) is 24.6. The van der Waals surface area contributed by atoms with Crippen LogP contribution in [-0.4, -0.2) is 63.7 Å². The smallest absolute Gasteiger partial charge is 0.256 e. The van der Waals surface area contributed by atoms with Crippen LogP contribution in [0.25, 0.3) is 21.3 Å². The van der Waals surface area contributed by atoms with Gasteiger partial charge in [-0.2, -0.15) is 5.26 Å². The Bertz CT molecular complexity index is 1520. The quantitative estimate of drug-likeness (QED) is 0.517. The van der Waals surface area contributed by atoms with Crippen LogP contribution >= 0.6 is 11.3 Å². The van der Waals surface area contributed by atoms with E-state index in [2.05, 4.69) is 21.4 Å². The van der Waals surface area contributed by atoms with E-state index in [9.17, 15) is 19.6 Å². The largest absolute Gasteiger partial charge is 0.337 e. The molecule has 5 heterocycles.